The molecule has 1 amide bonds. The van der Waals surface area contributed by atoms with Gasteiger partial charge in [-0.3, -0.25) is 4.79 Å². The minimum Gasteiger partial charge on any atom is -0.404 e. The van der Waals surface area contributed by atoms with E-state index in [2.05, 4.69) is 29.9 Å². The highest BCUT2D eigenvalue weighted by Gasteiger charge is 2.33. The van der Waals surface area contributed by atoms with Gasteiger partial charge >= 0.3 is 6.36 Å². The van der Waals surface area contributed by atoms with E-state index >= 15 is 0 Å². The van der Waals surface area contributed by atoms with Gasteiger partial charge in [-0.2, -0.15) is 0 Å². The molecule has 2 fully saturated rings. The third-order valence-corrected chi connectivity index (χ3v) is 6.99. The van der Waals surface area contributed by atoms with Crippen LogP contribution in [0.3, 0.4) is 0 Å². The van der Waals surface area contributed by atoms with Crippen molar-refractivity contribution in [3.05, 3.63) is 42.4 Å². The first kappa shape index (κ1) is 23.4. The summed E-state index contributed by atoms with van der Waals surface area (Å²) >= 11 is 0. The van der Waals surface area contributed by atoms with Gasteiger partial charge in [-0.25, -0.2) is 9.97 Å². The second-order valence-corrected chi connectivity index (χ2v) is 9.35. The number of nitrogens with zero attached hydrogens (tertiary/aromatic N) is 3. The normalized spacial score (nSPS) is 19.6. The van der Waals surface area contributed by atoms with Crippen molar-refractivity contribution in [3.63, 3.8) is 0 Å². The number of H-pyrrole nitrogens is 1. The Kier molecular flexibility index (Phi) is 6.53. The van der Waals surface area contributed by atoms with Gasteiger partial charge in [0.2, 0.25) is 5.91 Å². The fourth-order valence-electron chi connectivity index (χ4n) is 5.26. The van der Waals surface area contributed by atoms with Gasteiger partial charge in [0.25, 0.3) is 0 Å². The predicted octanol–water partition coefficient (Wildman–Crippen LogP) is 5.76. The van der Waals surface area contributed by atoms with E-state index in [-0.39, 0.29) is 29.2 Å². The minimum atomic E-state index is -4.84. The number of alkyl halides is 3. The Morgan fingerprint density at radius 3 is 2.71 bits per heavy atom. The van der Waals surface area contributed by atoms with Crippen molar-refractivity contribution in [2.24, 2.45) is 5.92 Å². The molecule has 35 heavy (non-hydrogen) atoms. The first-order chi connectivity index (χ1) is 16.9. The number of aromatic amines is 1. The van der Waals surface area contributed by atoms with Crippen molar-refractivity contribution in [2.45, 2.75) is 57.2 Å². The monoisotopic (exact) mass is 487 g/mol. The zero-order valence-corrected chi connectivity index (χ0v) is 19.3. The maximum Gasteiger partial charge on any atom is 0.573 e. The third kappa shape index (κ3) is 5.36. The maximum absolute atomic E-state index is 13.1. The Hall–Kier alpha value is -3.30. The molecular weight excluding hydrogens is 459 g/mol. The van der Waals surface area contributed by atoms with Crippen molar-refractivity contribution in [1.29, 1.82) is 0 Å². The summed E-state index contributed by atoms with van der Waals surface area (Å²) < 4.78 is 43.4. The van der Waals surface area contributed by atoms with E-state index in [1.165, 1.54) is 12.4 Å². The van der Waals surface area contributed by atoms with E-state index in [0.717, 1.165) is 73.9 Å². The fraction of sp³-hybridized carbons (Fsp3) is 0.480. The summed E-state index contributed by atoms with van der Waals surface area (Å²) in [6.07, 6.45) is 4.81. The number of carbonyl (C=O) groups is 1. The number of halogens is 3. The lowest BCUT2D eigenvalue weighted by atomic mass is 9.88. The summed E-state index contributed by atoms with van der Waals surface area (Å²) in [5, 5.41) is 3.68. The van der Waals surface area contributed by atoms with Gasteiger partial charge in [0, 0.05) is 31.1 Å². The Balaban J connectivity index is 1.40. The predicted molar refractivity (Wildman–Crippen MR) is 126 cm³/mol. The van der Waals surface area contributed by atoms with Crippen LogP contribution in [-0.4, -0.2) is 40.3 Å². The van der Waals surface area contributed by atoms with Crippen LogP contribution in [0.1, 0.15) is 56.4 Å². The lowest BCUT2D eigenvalue weighted by Gasteiger charge is -2.34. The molecule has 2 aromatic heterocycles. The third-order valence-electron chi connectivity index (χ3n) is 6.99. The number of benzene rings is 1. The van der Waals surface area contributed by atoms with Crippen molar-refractivity contribution >= 4 is 28.4 Å². The minimum absolute atomic E-state index is 0.0676. The molecule has 0 radical (unpaired) electrons. The van der Waals surface area contributed by atoms with Gasteiger partial charge in [-0.05, 0) is 49.4 Å². The molecule has 1 aromatic carbocycles. The number of hydrogen-bond acceptors (Lipinski definition) is 5. The number of ether oxygens (including phenoxy) is 1. The molecule has 3 aromatic rings. The number of aromatic nitrogens is 3. The second kappa shape index (κ2) is 9.75. The molecule has 7 nitrogen and oxygen atoms in total. The maximum atomic E-state index is 13.1. The van der Waals surface area contributed by atoms with Crippen molar-refractivity contribution < 1.29 is 22.7 Å². The average molecular weight is 488 g/mol. The summed E-state index contributed by atoms with van der Waals surface area (Å²) in [4.78, 5) is 26.9. The molecule has 5 rings (SSSR count). The highest BCUT2D eigenvalue weighted by molar-refractivity contribution is 5.94. The fourth-order valence-corrected chi connectivity index (χ4v) is 5.26. The summed E-state index contributed by atoms with van der Waals surface area (Å²) in [6, 6.07) is 6.56. The zero-order valence-electron chi connectivity index (χ0n) is 19.3. The van der Waals surface area contributed by atoms with Crippen molar-refractivity contribution in [1.82, 2.24) is 15.0 Å². The van der Waals surface area contributed by atoms with Crippen molar-refractivity contribution in [3.8, 4) is 5.75 Å². The summed E-state index contributed by atoms with van der Waals surface area (Å²) in [5.74, 6) is 0.0949. The Morgan fingerprint density at radius 1 is 1.09 bits per heavy atom. The number of rotatable bonds is 5. The van der Waals surface area contributed by atoms with Crippen LogP contribution in [0.4, 0.5) is 24.7 Å². The topological polar surface area (TPSA) is 83.1 Å². The lowest BCUT2D eigenvalue weighted by molar-refractivity contribution is -0.274. The molecule has 10 heteroatoms. The molecule has 1 aliphatic carbocycles. The summed E-state index contributed by atoms with van der Waals surface area (Å²) in [6.45, 7) is 1.49. The van der Waals surface area contributed by atoms with E-state index in [1.807, 2.05) is 12.3 Å². The number of nitrogens with one attached hydrogen (secondary N) is 2. The lowest BCUT2D eigenvalue weighted by Crippen LogP contribution is -2.35. The van der Waals surface area contributed by atoms with E-state index in [1.54, 1.807) is 12.1 Å². The smallest absolute Gasteiger partial charge is 0.404 e. The van der Waals surface area contributed by atoms with Gasteiger partial charge in [-0.1, -0.05) is 25.3 Å². The highest BCUT2D eigenvalue weighted by Crippen LogP contribution is 2.37. The van der Waals surface area contributed by atoms with Crippen LogP contribution < -0.4 is 15.0 Å². The quantitative estimate of drug-likeness (QED) is 0.478. The van der Waals surface area contributed by atoms with Gasteiger partial charge < -0.3 is 19.9 Å². The number of hydrogen-bond donors (Lipinski definition) is 2. The molecule has 3 heterocycles. The van der Waals surface area contributed by atoms with Crippen LogP contribution in [0.5, 0.6) is 5.75 Å². The highest BCUT2D eigenvalue weighted by atomic mass is 19.4. The standard InChI is InChI=1S/C25H28F3N5O2/c26-25(27,28)35-21-9-8-17(13-20(21)32-24(34)16-5-2-1-3-6-16)18-7-4-12-33(14-18)23-19-10-11-29-22(19)30-15-31-23/h8-11,13,15-16,18H,1-7,12,14H2,(H,32,34)(H,29,30,31). The van der Waals surface area contributed by atoms with E-state index in [4.69, 9.17) is 0 Å². The van der Waals surface area contributed by atoms with Crippen LogP contribution in [0, 0.1) is 5.92 Å². The van der Waals surface area contributed by atoms with Crippen LogP contribution in [0.2, 0.25) is 0 Å². The summed E-state index contributed by atoms with van der Waals surface area (Å²) in [7, 11) is 0. The molecule has 0 bridgehead atoms. The molecule has 1 saturated carbocycles. The van der Waals surface area contributed by atoms with Crippen LogP contribution >= 0.6 is 0 Å². The van der Waals surface area contributed by atoms with Crippen LogP contribution in [-0.2, 0) is 4.79 Å². The molecule has 1 unspecified atom stereocenters. The molecule has 2 aliphatic rings. The molecule has 186 valence electrons. The average Bonchev–Trinajstić information content (AvgIpc) is 3.34. The Morgan fingerprint density at radius 2 is 1.91 bits per heavy atom. The van der Waals surface area contributed by atoms with Crippen LogP contribution in [0.15, 0.2) is 36.8 Å². The first-order valence-corrected chi connectivity index (χ1v) is 12.1. The molecule has 2 N–H and O–H groups in total. The van der Waals surface area contributed by atoms with Gasteiger partial charge in [0.15, 0.2) is 5.75 Å². The van der Waals surface area contributed by atoms with Gasteiger partial charge in [0.05, 0.1) is 11.1 Å². The number of fused-ring (bicyclic) bond motifs is 1. The summed E-state index contributed by atoms with van der Waals surface area (Å²) in [5.41, 5.74) is 1.70. The zero-order chi connectivity index (χ0) is 24.4. The van der Waals surface area contributed by atoms with Gasteiger partial charge in [-0.15, -0.1) is 13.2 Å². The number of anilines is 2. The molecule has 1 saturated heterocycles. The first-order valence-electron chi connectivity index (χ1n) is 12.1. The molecule has 1 aliphatic heterocycles. The number of carbonyl (C=O) groups excluding carboxylic acids is 1. The number of amides is 1. The van der Waals surface area contributed by atoms with Crippen molar-refractivity contribution in [2.75, 3.05) is 23.3 Å². The van der Waals surface area contributed by atoms with Gasteiger partial charge in [0.1, 0.15) is 17.8 Å². The molecule has 1 atom stereocenters. The molecule has 0 spiro atoms. The SMILES string of the molecule is O=C(Nc1cc(C2CCCN(c3ncnc4[nH]ccc34)C2)ccc1OC(F)(F)F)C1CCCCC1. The number of piperidine rings is 1. The van der Waals surface area contributed by atoms with E-state index < -0.39 is 6.36 Å². The second-order valence-electron chi connectivity index (χ2n) is 9.35. The van der Waals surface area contributed by atoms with E-state index in [9.17, 15) is 18.0 Å². The largest absolute Gasteiger partial charge is 0.573 e. The Bertz CT molecular complexity index is 1190. The molecular formula is C25H28F3N5O2. The van der Waals surface area contributed by atoms with E-state index in [0.29, 0.717) is 6.54 Å². The van der Waals surface area contributed by atoms with Crippen LogP contribution in [0.25, 0.3) is 11.0 Å². The Labute approximate surface area is 201 Å².